The molecule has 0 bridgehead atoms. The normalized spacial score (nSPS) is 11.5. The molecular formula is C9H8BrCl2NO4S. The first kappa shape index (κ1) is 15.7. The Labute approximate surface area is 122 Å². The van der Waals surface area contributed by atoms with E-state index in [2.05, 4.69) is 20.7 Å². The molecule has 0 saturated carbocycles. The number of halogens is 3. The largest absolute Gasteiger partial charge is 0.481 e. The predicted octanol–water partition coefficient (Wildman–Crippen LogP) is 2.51. The summed E-state index contributed by atoms with van der Waals surface area (Å²) >= 11 is 14.7. The summed E-state index contributed by atoms with van der Waals surface area (Å²) in [4.78, 5) is 10.0. The number of aliphatic carboxylic acids is 1. The topological polar surface area (TPSA) is 83.5 Å². The van der Waals surface area contributed by atoms with E-state index < -0.39 is 16.0 Å². The van der Waals surface area contributed by atoms with Crippen LogP contribution in [-0.2, 0) is 14.8 Å². The van der Waals surface area contributed by atoms with Gasteiger partial charge in [-0.1, -0.05) is 39.1 Å². The van der Waals surface area contributed by atoms with Gasteiger partial charge in [-0.05, 0) is 12.1 Å². The molecule has 0 radical (unpaired) electrons. The Bertz CT molecular complexity index is 553. The van der Waals surface area contributed by atoms with Crippen molar-refractivity contribution >= 4 is 55.1 Å². The lowest BCUT2D eigenvalue weighted by atomic mass is 10.4. The minimum Gasteiger partial charge on any atom is -0.481 e. The Morgan fingerprint density at radius 1 is 1.33 bits per heavy atom. The Morgan fingerprint density at radius 2 is 1.83 bits per heavy atom. The molecule has 0 atom stereocenters. The maximum Gasteiger partial charge on any atom is 0.304 e. The minimum atomic E-state index is -3.93. The molecule has 0 spiro atoms. The highest BCUT2D eigenvalue weighted by Crippen LogP contribution is 2.32. The first-order valence-electron chi connectivity index (χ1n) is 4.60. The fourth-order valence-electron chi connectivity index (χ4n) is 1.15. The van der Waals surface area contributed by atoms with Gasteiger partial charge in [0.15, 0.2) is 0 Å². The van der Waals surface area contributed by atoms with Crippen molar-refractivity contribution in [1.82, 2.24) is 4.72 Å². The lowest BCUT2D eigenvalue weighted by Gasteiger charge is -2.09. The molecule has 0 amide bonds. The highest BCUT2D eigenvalue weighted by molar-refractivity contribution is 9.10. The summed E-state index contributed by atoms with van der Waals surface area (Å²) in [5.74, 6) is -1.11. The summed E-state index contributed by atoms with van der Waals surface area (Å²) in [7, 11) is -3.93. The molecular weight excluding hydrogens is 369 g/mol. The van der Waals surface area contributed by atoms with Crippen molar-refractivity contribution in [2.45, 2.75) is 11.3 Å². The van der Waals surface area contributed by atoms with E-state index in [0.29, 0.717) is 4.47 Å². The molecule has 0 aromatic heterocycles. The van der Waals surface area contributed by atoms with Crippen LogP contribution < -0.4 is 4.72 Å². The van der Waals surface area contributed by atoms with Gasteiger partial charge < -0.3 is 5.11 Å². The Morgan fingerprint density at radius 3 is 2.28 bits per heavy atom. The maximum atomic E-state index is 11.9. The highest BCUT2D eigenvalue weighted by Gasteiger charge is 2.22. The first-order chi connectivity index (χ1) is 8.24. The molecule has 1 aromatic carbocycles. The number of benzene rings is 1. The summed E-state index contributed by atoms with van der Waals surface area (Å²) in [6, 6.07) is 2.78. The van der Waals surface area contributed by atoms with Crippen molar-refractivity contribution in [1.29, 1.82) is 0 Å². The molecule has 1 rings (SSSR count). The second-order valence-electron chi connectivity index (χ2n) is 3.24. The van der Waals surface area contributed by atoms with Crippen LogP contribution in [0.25, 0.3) is 0 Å². The molecule has 0 aliphatic heterocycles. The smallest absolute Gasteiger partial charge is 0.304 e. The van der Waals surface area contributed by atoms with Gasteiger partial charge in [-0.25, -0.2) is 13.1 Å². The van der Waals surface area contributed by atoms with Gasteiger partial charge in [0.25, 0.3) is 0 Å². The summed E-state index contributed by atoms with van der Waals surface area (Å²) in [6.07, 6.45) is -0.328. The number of carbonyl (C=O) groups is 1. The van der Waals surface area contributed by atoms with Gasteiger partial charge in [-0.3, -0.25) is 4.79 Å². The number of carboxylic acids is 1. The molecule has 1 aromatic rings. The third-order valence-electron chi connectivity index (χ3n) is 1.86. The van der Waals surface area contributed by atoms with Crippen molar-refractivity contribution in [3.8, 4) is 0 Å². The molecule has 0 saturated heterocycles. The van der Waals surface area contributed by atoms with Crippen LogP contribution in [0.4, 0.5) is 0 Å². The summed E-state index contributed by atoms with van der Waals surface area (Å²) < 4.78 is 26.4. The summed E-state index contributed by atoms with van der Waals surface area (Å²) in [6.45, 7) is -0.236. The van der Waals surface area contributed by atoms with Crippen LogP contribution >= 0.6 is 39.1 Å². The Kier molecular flexibility index (Phi) is 5.42. The average molecular weight is 377 g/mol. The molecule has 0 heterocycles. The molecule has 0 aliphatic rings. The van der Waals surface area contributed by atoms with Crippen LogP contribution in [0.3, 0.4) is 0 Å². The summed E-state index contributed by atoms with van der Waals surface area (Å²) in [5, 5.41) is 8.34. The summed E-state index contributed by atoms with van der Waals surface area (Å²) in [5.41, 5.74) is 0. The number of sulfonamides is 1. The van der Waals surface area contributed by atoms with E-state index >= 15 is 0 Å². The van der Waals surface area contributed by atoms with Gasteiger partial charge in [-0.2, -0.15) is 0 Å². The lowest BCUT2D eigenvalue weighted by molar-refractivity contribution is -0.136. The van der Waals surface area contributed by atoms with E-state index in [1.54, 1.807) is 0 Å². The van der Waals surface area contributed by atoms with E-state index in [-0.39, 0.29) is 27.9 Å². The zero-order valence-electron chi connectivity index (χ0n) is 8.78. The molecule has 0 unspecified atom stereocenters. The molecule has 0 fully saturated rings. The average Bonchev–Trinajstić information content (AvgIpc) is 2.13. The minimum absolute atomic E-state index is 0.0443. The van der Waals surface area contributed by atoms with Gasteiger partial charge in [0.2, 0.25) is 10.0 Å². The van der Waals surface area contributed by atoms with Crippen LogP contribution in [-0.4, -0.2) is 26.0 Å². The van der Waals surface area contributed by atoms with Crippen LogP contribution in [0.5, 0.6) is 0 Å². The van der Waals surface area contributed by atoms with Gasteiger partial charge >= 0.3 is 5.97 Å². The van der Waals surface area contributed by atoms with Crippen molar-refractivity contribution in [3.63, 3.8) is 0 Å². The van der Waals surface area contributed by atoms with Crippen molar-refractivity contribution < 1.29 is 18.3 Å². The number of nitrogens with one attached hydrogen (secondary N) is 1. The van der Waals surface area contributed by atoms with Gasteiger partial charge in [0.1, 0.15) is 4.90 Å². The van der Waals surface area contributed by atoms with E-state index in [0.717, 1.165) is 0 Å². The SMILES string of the molecule is O=C(O)CCNS(=O)(=O)c1c(Cl)cc(Br)cc1Cl. The van der Waals surface area contributed by atoms with Crippen LogP contribution in [0.2, 0.25) is 10.0 Å². The predicted molar refractivity (Wildman–Crippen MR) is 71.6 cm³/mol. The van der Waals surface area contributed by atoms with E-state index in [1.807, 2.05) is 0 Å². The fourth-order valence-corrected chi connectivity index (χ4v) is 4.11. The quantitative estimate of drug-likeness (QED) is 0.826. The Hall–Kier alpha value is -0.340. The van der Waals surface area contributed by atoms with Gasteiger partial charge in [-0.15, -0.1) is 0 Å². The van der Waals surface area contributed by atoms with E-state index in [4.69, 9.17) is 28.3 Å². The lowest BCUT2D eigenvalue weighted by Crippen LogP contribution is -2.26. The van der Waals surface area contributed by atoms with Gasteiger partial charge in [0.05, 0.1) is 16.5 Å². The van der Waals surface area contributed by atoms with Crippen LogP contribution in [0.1, 0.15) is 6.42 Å². The zero-order valence-corrected chi connectivity index (χ0v) is 12.7. The second kappa shape index (κ2) is 6.21. The monoisotopic (exact) mass is 375 g/mol. The van der Waals surface area contributed by atoms with Crippen molar-refractivity contribution in [2.75, 3.05) is 6.54 Å². The molecule has 18 heavy (non-hydrogen) atoms. The molecule has 100 valence electrons. The molecule has 5 nitrogen and oxygen atoms in total. The van der Waals surface area contributed by atoms with Crippen molar-refractivity contribution in [3.05, 3.63) is 26.7 Å². The third kappa shape index (κ3) is 4.10. The van der Waals surface area contributed by atoms with E-state index in [1.165, 1.54) is 12.1 Å². The maximum absolute atomic E-state index is 11.9. The first-order valence-corrected chi connectivity index (χ1v) is 7.63. The van der Waals surface area contributed by atoms with Crippen molar-refractivity contribution in [2.24, 2.45) is 0 Å². The second-order valence-corrected chi connectivity index (χ2v) is 6.67. The van der Waals surface area contributed by atoms with E-state index in [9.17, 15) is 13.2 Å². The number of hydrogen-bond acceptors (Lipinski definition) is 3. The molecule has 2 N–H and O–H groups in total. The number of rotatable bonds is 5. The third-order valence-corrected chi connectivity index (χ3v) is 4.70. The highest BCUT2D eigenvalue weighted by atomic mass is 79.9. The Balaban J connectivity index is 3.02. The molecule has 0 aliphatic carbocycles. The zero-order chi connectivity index (χ0) is 13.9. The fraction of sp³-hybridized carbons (Fsp3) is 0.222. The van der Waals surface area contributed by atoms with Crippen LogP contribution in [0, 0.1) is 0 Å². The molecule has 9 heteroatoms. The standard InChI is InChI=1S/C9H8BrCl2NO4S/c10-5-3-6(11)9(7(12)4-5)18(16,17)13-2-1-8(14)15/h3-4,13H,1-2H2,(H,14,15). The van der Waals surface area contributed by atoms with Crippen LogP contribution in [0.15, 0.2) is 21.5 Å². The van der Waals surface area contributed by atoms with Gasteiger partial charge in [0, 0.05) is 11.0 Å². The number of hydrogen-bond donors (Lipinski definition) is 2. The number of carboxylic acid groups (broad SMARTS) is 1.